The highest BCUT2D eigenvalue weighted by Gasteiger charge is 2.03. The van der Waals surface area contributed by atoms with E-state index in [0.717, 1.165) is 27.9 Å². The molecule has 0 unspecified atom stereocenters. The molecule has 0 aromatic carbocycles. The molecule has 0 aliphatic carbocycles. The van der Waals surface area contributed by atoms with Gasteiger partial charge in [0.25, 0.3) is 0 Å². The van der Waals surface area contributed by atoms with Crippen molar-refractivity contribution in [1.82, 2.24) is 0 Å². The molecule has 1 aromatic rings. The van der Waals surface area contributed by atoms with Crippen LogP contribution < -0.4 is 0 Å². The minimum absolute atomic E-state index is 0.632. The third kappa shape index (κ3) is 2.88. The Hall–Kier alpha value is 0.140. The average molecular weight is 268 g/mol. The normalized spacial score (nSPS) is 10.2. The molecule has 0 N–H and O–H groups in total. The van der Waals surface area contributed by atoms with Crippen molar-refractivity contribution in [3.05, 3.63) is 19.8 Å². The van der Waals surface area contributed by atoms with Gasteiger partial charge in [-0.3, -0.25) is 0 Å². The van der Waals surface area contributed by atoms with Gasteiger partial charge in [0.05, 0.1) is 8.81 Å². The number of unbranched alkanes of at least 4 members (excludes halogenated alkanes) is 1. The molecule has 0 bridgehead atoms. The van der Waals surface area contributed by atoms with E-state index in [9.17, 15) is 4.79 Å². The van der Waals surface area contributed by atoms with Crippen LogP contribution in [0.1, 0.15) is 17.7 Å². The number of halogens is 2. The highest BCUT2D eigenvalue weighted by molar-refractivity contribution is 9.11. The van der Waals surface area contributed by atoms with Crippen molar-refractivity contribution in [1.29, 1.82) is 0 Å². The molecule has 4 heteroatoms. The first-order chi connectivity index (χ1) is 5.74. The topological polar surface area (TPSA) is 17.1 Å². The second kappa shape index (κ2) is 5.00. The van der Waals surface area contributed by atoms with Crippen LogP contribution in [0.5, 0.6) is 0 Å². The summed E-state index contributed by atoms with van der Waals surface area (Å²) in [5.41, 5.74) is 0. The molecule has 0 aliphatic rings. The molecule has 0 atom stereocenters. The number of carbonyl (C=O) groups excluding carboxylic acids is 1. The standard InChI is InChI=1S/C8H8BrClOS/c9-8-7(10)5-6(12-8)3-1-2-4-11/h4-5H,1-3H2. The lowest BCUT2D eigenvalue weighted by Gasteiger charge is -1.90. The predicted molar refractivity (Wildman–Crippen MR) is 56.0 cm³/mol. The Morgan fingerprint density at radius 2 is 2.42 bits per heavy atom. The monoisotopic (exact) mass is 266 g/mol. The Morgan fingerprint density at radius 1 is 1.67 bits per heavy atom. The third-order valence-corrected chi connectivity index (χ3v) is 3.98. The molecule has 12 heavy (non-hydrogen) atoms. The summed E-state index contributed by atoms with van der Waals surface area (Å²) in [7, 11) is 0. The van der Waals surface area contributed by atoms with Crippen LogP contribution in [-0.2, 0) is 11.2 Å². The molecule has 0 spiro atoms. The molecular weight excluding hydrogens is 260 g/mol. The van der Waals surface area contributed by atoms with Gasteiger partial charge in [-0.1, -0.05) is 11.6 Å². The van der Waals surface area contributed by atoms with Gasteiger partial charge in [0.15, 0.2) is 0 Å². The lowest BCUT2D eigenvalue weighted by molar-refractivity contribution is -0.107. The minimum atomic E-state index is 0.632. The van der Waals surface area contributed by atoms with Crippen LogP contribution in [0.4, 0.5) is 0 Å². The first-order valence-electron chi connectivity index (χ1n) is 3.61. The third-order valence-electron chi connectivity index (χ3n) is 1.44. The Bertz CT molecular complexity index is 253. The number of thiophene rings is 1. The van der Waals surface area contributed by atoms with E-state index >= 15 is 0 Å². The van der Waals surface area contributed by atoms with Gasteiger partial charge in [-0.25, -0.2) is 0 Å². The lowest BCUT2D eigenvalue weighted by Crippen LogP contribution is -1.80. The fraction of sp³-hybridized carbons (Fsp3) is 0.375. The largest absolute Gasteiger partial charge is 0.303 e. The van der Waals surface area contributed by atoms with E-state index < -0.39 is 0 Å². The molecule has 66 valence electrons. The van der Waals surface area contributed by atoms with Crippen LogP contribution in [0.3, 0.4) is 0 Å². The predicted octanol–water partition coefficient (Wildman–Crippen LogP) is 3.69. The molecule has 0 radical (unpaired) electrons. The van der Waals surface area contributed by atoms with E-state index in [-0.39, 0.29) is 0 Å². The maximum absolute atomic E-state index is 10.0. The molecule has 0 saturated heterocycles. The first-order valence-corrected chi connectivity index (χ1v) is 5.60. The average Bonchev–Trinajstić information content (AvgIpc) is 2.32. The van der Waals surface area contributed by atoms with Gasteiger partial charge in [0.1, 0.15) is 6.29 Å². The smallest absolute Gasteiger partial charge is 0.120 e. The number of hydrogen-bond donors (Lipinski definition) is 0. The molecule has 0 saturated carbocycles. The zero-order chi connectivity index (χ0) is 8.97. The van der Waals surface area contributed by atoms with Crippen LogP contribution in [0.25, 0.3) is 0 Å². The van der Waals surface area contributed by atoms with E-state index in [1.807, 2.05) is 6.07 Å². The Balaban J connectivity index is 2.47. The number of hydrogen-bond acceptors (Lipinski definition) is 2. The zero-order valence-electron chi connectivity index (χ0n) is 6.35. The van der Waals surface area contributed by atoms with Crippen molar-refractivity contribution in [3.63, 3.8) is 0 Å². The number of aldehydes is 1. The summed E-state index contributed by atoms with van der Waals surface area (Å²) in [6.07, 6.45) is 3.43. The fourth-order valence-electron chi connectivity index (χ4n) is 0.874. The van der Waals surface area contributed by atoms with E-state index in [4.69, 9.17) is 11.6 Å². The maximum atomic E-state index is 10.0. The summed E-state index contributed by atoms with van der Waals surface area (Å²) >= 11 is 10.8. The Labute approximate surface area is 88.9 Å². The SMILES string of the molecule is O=CCCCc1cc(Cl)c(Br)s1. The fourth-order valence-corrected chi connectivity index (χ4v) is 2.73. The van der Waals surface area contributed by atoms with Gasteiger partial charge in [-0.2, -0.15) is 0 Å². The quantitative estimate of drug-likeness (QED) is 0.601. The molecule has 0 amide bonds. The number of carbonyl (C=O) groups is 1. The summed E-state index contributed by atoms with van der Waals surface area (Å²) in [6.45, 7) is 0. The van der Waals surface area contributed by atoms with Gasteiger partial charge in [0.2, 0.25) is 0 Å². The molecule has 1 aromatic heterocycles. The van der Waals surface area contributed by atoms with Crippen molar-refractivity contribution >= 4 is 45.2 Å². The van der Waals surface area contributed by atoms with Gasteiger partial charge in [-0.05, 0) is 34.8 Å². The summed E-state index contributed by atoms with van der Waals surface area (Å²) < 4.78 is 0.977. The van der Waals surface area contributed by atoms with Crippen LogP contribution in [0, 0.1) is 0 Å². The highest BCUT2D eigenvalue weighted by atomic mass is 79.9. The van der Waals surface area contributed by atoms with E-state index in [2.05, 4.69) is 15.9 Å². The molecule has 0 aliphatic heterocycles. The summed E-state index contributed by atoms with van der Waals surface area (Å²) in [5, 5.41) is 0.765. The zero-order valence-corrected chi connectivity index (χ0v) is 9.51. The highest BCUT2D eigenvalue weighted by Crippen LogP contribution is 2.32. The van der Waals surface area contributed by atoms with Crippen LogP contribution in [0.15, 0.2) is 9.85 Å². The molecular formula is C8H8BrClOS. The van der Waals surface area contributed by atoms with Crippen LogP contribution in [-0.4, -0.2) is 6.29 Å². The first kappa shape index (κ1) is 10.2. The van der Waals surface area contributed by atoms with Gasteiger partial charge >= 0.3 is 0 Å². The summed E-state index contributed by atoms with van der Waals surface area (Å²) in [4.78, 5) is 11.3. The number of aryl methyl sites for hydroxylation is 1. The minimum Gasteiger partial charge on any atom is -0.303 e. The second-order valence-corrected chi connectivity index (χ2v) is 5.26. The summed E-state index contributed by atoms with van der Waals surface area (Å²) in [5.74, 6) is 0. The van der Waals surface area contributed by atoms with Crippen molar-refractivity contribution in [2.24, 2.45) is 0 Å². The van der Waals surface area contributed by atoms with Crippen LogP contribution in [0.2, 0.25) is 5.02 Å². The van der Waals surface area contributed by atoms with Gasteiger partial charge in [0, 0.05) is 11.3 Å². The van der Waals surface area contributed by atoms with Crippen molar-refractivity contribution in [2.45, 2.75) is 19.3 Å². The summed E-state index contributed by atoms with van der Waals surface area (Å²) in [6, 6.07) is 1.95. The second-order valence-electron chi connectivity index (χ2n) is 2.39. The molecule has 1 rings (SSSR count). The lowest BCUT2D eigenvalue weighted by atomic mass is 10.2. The molecule has 1 nitrogen and oxygen atoms in total. The van der Waals surface area contributed by atoms with Gasteiger partial charge < -0.3 is 4.79 Å². The Kier molecular flexibility index (Phi) is 4.26. The van der Waals surface area contributed by atoms with Gasteiger partial charge in [-0.15, -0.1) is 11.3 Å². The number of rotatable bonds is 4. The Morgan fingerprint density at radius 3 is 2.92 bits per heavy atom. The van der Waals surface area contributed by atoms with Crippen molar-refractivity contribution in [3.8, 4) is 0 Å². The van der Waals surface area contributed by atoms with E-state index in [1.165, 1.54) is 4.88 Å². The maximum Gasteiger partial charge on any atom is 0.120 e. The van der Waals surface area contributed by atoms with Crippen molar-refractivity contribution in [2.75, 3.05) is 0 Å². The van der Waals surface area contributed by atoms with E-state index in [1.54, 1.807) is 11.3 Å². The van der Waals surface area contributed by atoms with E-state index in [0.29, 0.717) is 6.42 Å². The van der Waals surface area contributed by atoms with Crippen molar-refractivity contribution < 1.29 is 4.79 Å². The molecule has 0 fully saturated rings. The van der Waals surface area contributed by atoms with Crippen LogP contribution >= 0.6 is 38.9 Å². The molecule has 1 heterocycles.